The molecule has 2 N–H and O–H groups in total. The Morgan fingerprint density at radius 3 is 2.42 bits per heavy atom. The van der Waals surface area contributed by atoms with Crippen LogP contribution in [0.5, 0.6) is 11.6 Å². The molecule has 1 saturated carbocycles. The molecule has 0 unspecified atom stereocenters. The van der Waals surface area contributed by atoms with Gasteiger partial charge in [0.25, 0.3) is 0 Å². The van der Waals surface area contributed by atoms with Crippen LogP contribution >= 0.6 is 23.8 Å². The number of rotatable bonds is 7. The molecular formula is C32H32ClN5OS. The molecule has 1 fully saturated rings. The number of aromatic nitrogens is 2. The normalized spacial score (nSPS) is 15.8. The number of fused-ring (bicyclic) bond motifs is 1. The minimum Gasteiger partial charge on any atom is -0.439 e. The molecule has 6 rings (SSSR count). The molecule has 0 saturated heterocycles. The van der Waals surface area contributed by atoms with E-state index < -0.39 is 0 Å². The third-order valence-corrected chi connectivity index (χ3v) is 8.44. The lowest BCUT2D eigenvalue weighted by atomic mass is 9.79. The highest BCUT2D eigenvalue weighted by molar-refractivity contribution is 7.80. The second-order valence-electron chi connectivity index (χ2n) is 10.5. The number of hydrogen-bond acceptors (Lipinski definition) is 5. The first kappa shape index (κ1) is 26.5. The number of thiocarbonyl (C=S) groups is 1. The first-order chi connectivity index (χ1) is 19.6. The van der Waals surface area contributed by atoms with E-state index in [4.69, 9.17) is 33.5 Å². The predicted molar refractivity (Wildman–Crippen MR) is 166 cm³/mol. The molecule has 40 heavy (non-hydrogen) atoms. The topological polar surface area (TPSA) is 62.3 Å². The molecule has 1 aliphatic carbocycles. The summed E-state index contributed by atoms with van der Waals surface area (Å²) >= 11 is 11.9. The van der Waals surface area contributed by atoms with E-state index in [2.05, 4.69) is 56.9 Å². The Kier molecular flexibility index (Phi) is 7.84. The number of ether oxygens (including phenoxy) is 1. The van der Waals surface area contributed by atoms with Gasteiger partial charge in [-0.05, 0) is 72.4 Å². The number of hydrogen-bond donors (Lipinski definition) is 2. The van der Waals surface area contributed by atoms with E-state index >= 15 is 0 Å². The number of benzene rings is 3. The molecule has 4 aromatic rings. The van der Waals surface area contributed by atoms with Crippen LogP contribution in [0, 0.1) is 0 Å². The minimum absolute atomic E-state index is 0.0296. The first-order valence-corrected chi connectivity index (χ1v) is 14.6. The van der Waals surface area contributed by atoms with E-state index in [0.29, 0.717) is 22.7 Å². The van der Waals surface area contributed by atoms with Crippen LogP contribution in [0.25, 0.3) is 0 Å². The molecule has 0 radical (unpaired) electrons. The van der Waals surface area contributed by atoms with Crippen LogP contribution in [0.4, 0.5) is 11.8 Å². The van der Waals surface area contributed by atoms with Gasteiger partial charge in [-0.3, -0.25) is 0 Å². The van der Waals surface area contributed by atoms with Crippen molar-refractivity contribution in [3.63, 3.8) is 0 Å². The Labute approximate surface area is 245 Å². The van der Waals surface area contributed by atoms with Gasteiger partial charge in [0.2, 0.25) is 11.8 Å². The zero-order valence-electron chi connectivity index (χ0n) is 22.3. The van der Waals surface area contributed by atoms with Gasteiger partial charge in [-0.1, -0.05) is 79.0 Å². The maximum Gasteiger partial charge on any atom is 0.234 e. The van der Waals surface area contributed by atoms with Crippen molar-refractivity contribution >= 4 is 40.7 Å². The zero-order valence-corrected chi connectivity index (χ0v) is 23.8. The van der Waals surface area contributed by atoms with E-state index in [0.717, 1.165) is 49.7 Å². The van der Waals surface area contributed by atoms with Crippen molar-refractivity contribution in [1.29, 1.82) is 0 Å². The lowest BCUT2D eigenvalue weighted by Gasteiger charge is -2.31. The van der Waals surface area contributed by atoms with Crippen molar-refractivity contribution in [3.8, 4) is 11.6 Å². The fraction of sp³-hybridized carbons (Fsp3) is 0.281. The molecule has 204 valence electrons. The summed E-state index contributed by atoms with van der Waals surface area (Å²) in [6.45, 7) is 2.38. The van der Waals surface area contributed by atoms with E-state index in [-0.39, 0.29) is 5.41 Å². The summed E-state index contributed by atoms with van der Waals surface area (Å²) in [7, 11) is 0. The largest absolute Gasteiger partial charge is 0.439 e. The first-order valence-electron chi connectivity index (χ1n) is 13.8. The van der Waals surface area contributed by atoms with Crippen LogP contribution in [-0.4, -0.2) is 28.2 Å². The van der Waals surface area contributed by atoms with E-state index in [9.17, 15) is 0 Å². The van der Waals surface area contributed by atoms with Crippen LogP contribution < -0.4 is 20.3 Å². The van der Waals surface area contributed by atoms with Crippen LogP contribution in [0.3, 0.4) is 0 Å². The van der Waals surface area contributed by atoms with Gasteiger partial charge in [0, 0.05) is 36.1 Å². The lowest BCUT2D eigenvalue weighted by molar-refractivity contribution is 0.435. The highest BCUT2D eigenvalue weighted by Gasteiger charge is 2.35. The number of nitrogens with one attached hydrogen (secondary N) is 2. The molecule has 8 heteroatoms. The van der Waals surface area contributed by atoms with Gasteiger partial charge in [-0.25, -0.2) is 0 Å². The van der Waals surface area contributed by atoms with Gasteiger partial charge < -0.3 is 20.3 Å². The van der Waals surface area contributed by atoms with Gasteiger partial charge >= 0.3 is 0 Å². The summed E-state index contributed by atoms with van der Waals surface area (Å²) in [4.78, 5) is 11.8. The summed E-state index contributed by atoms with van der Waals surface area (Å²) in [5, 5.41) is 7.95. The van der Waals surface area contributed by atoms with Crippen molar-refractivity contribution in [3.05, 3.63) is 107 Å². The van der Waals surface area contributed by atoms with E-state index in [1.165, 1.54) is 29.5 Å². The summed E-state index contributed by atoms with van der Waals surface area (Å²) in [5.74, 6) is 2.39. The summed E-state index contributed by atoms with van der Waals surface area (Å²) in [6.07, 6.45) is 5.59. The molecule has 2 heterocycles. The third-order valence-electron chi connectivity index (χ3n) is 7.94. The molecule has 1 aromatic heterocycles. The molecule has 3 aromatic carbocycles. The molecule has 0 atom stereocenters. The fourth-order valence-electron chi connectivity index (χ4n) is 5.80. The van der Waals surface area contributed by atoms with Crippen molar-refractivity contribution < 1.29 is 4.74 Å². The molecule has 2 aliphatic rings. The smallest absolute Gasteiger partial charge is 0.234 e. The monoisotopic (exact) mass is 569 g/mol. The predicted octanol–water partition coefficient (Wildman–Crippen LogP) is 7.28. The summed E-state index contributed by atoms with van der Waals surface area (Å²) < 4.78 is 6.13. The van der Waals surface area contributed by atoms with Crippen molar-refractivity contribution in [2.45, 2.75) is 44.1 Å². The van der Waals surface area contributed by atoms with Gasteiger partial charge in [0.05, 0.1) is 0 Å². The summed E-state index contributed by atoms with van der Waals surface area (Å²) in [5.41, 5.74) is 4.03. The lowest BCUT2D eigenvalue weighted by Crippen LogP contribution is -2.41. The molecule has 0 amide bonds. The average Bonchev–Trinajstić information content (AvgIpc) is 3.47. The SMILES string of the molecule is S=C(NCC1(c2ccc(Cl)cc2)CCCC1)Nc1nc(Oc2ccccc2)cc(N2CCc3ccccc3C2)n1. The van der Waals surface area contributed by atoms with Crippen molar-refractivity contribution in [1.82, 2.24) is 15.3 Å². The van der Waals surface area contributed by atoms with Crippen LogP contribution in [-0.2, 0) is 18.4 Å². The third kappa shape index (κ3) is 6.06. The Bertz CT molecular complexity index is 1470. The highest BCUT2D eigenvalue weighted by Crippen LogP contribution is 2.41. The van der Waals surface area contributed by atoms with Crippen LogP contribution in [0.15, 0.2) is 84.9 Å². The van der Waals surface area contributed by atoms with Gasteiger partial charge in [0.1, 0.15) is 11.6 Å². The number of halogens is 1. The maximum atomic E-state index is 6.17. The average molecular weight is 570 g/mol. The molecular weight excluding hydrogens is 538 g/mol. The Balaban J connectivity index is 1.21. The maximum absolute atomic E-state index is 6.17. The molecule has 0 spiro atoms. The molecule has 1 aliphatic heterocycles. The van der Waals surface area contributed by atoms with Crippen LogP contribution in [0.2, 0.25) is 5.02 Å². The quantitative estimate of drug-likeness (QED) is 0.227. The number of nitrogens with zero attached hydrogens (tertiary/aromatic N) is 3. The second kappa shape index (κ2) is 11.8. The van der Waals surface area contributed by atoms with Gasteiger partial charge in [-0.2, -0.15) is 9.97 Å². The van der Waals surface area contributed by atoms with E-state index in [1.54, 1.807) is 0 Å². The second-order valence-corrected chi connectivity index (χ2v) is 11.4. The number of anilines is 2. The Morgan fingerprint density at radius 2 is 1.65 bits per heavy atom. The summed E-state index contributed by atoms with van der Waals surface area (Å²) in [6, 6.07) is 28.4. The Morgan fingerprint density at radius 1 is 0.925 bits per heavy atom. The van der Waals surface area contributed by atoms with Crippen molar-refractivity contribution in [2.24, 2.45) is 0 Å². The number of para-hydroxylation sites is 1. The zero-order chi connectivity index (χ0) is 27.4. The molecule has 6 nitrogen and oxygen atoms in total. The highest BCUT2D eigenvalue weighted by atomic mass is 35.5. The van der Waals surface area contributed by atoms with Crippen molar-refractivity contribution in [2.75, 3.05) is 23.3 Å². The van der Waals surface area contributed by atoms with Crippen LogP contribution in [0.1, 0.15) is 42.4 Å². The minimum atomic E-state index is 0.0296. The molecule has 0 bridgehead atoms. The van der Waals surface area contributed by atoms with Gasteiger partial charge in [-0.15, -0.1) is 0 Å². The van der Waals surface area contributed by atoms with E-state index in [1.807, 2.05) is 48.5 Å². The fourth-order valence-corrected chi connectivity index (χ4v) is 6.09. The standard InChI is InChI=1S/C32H32ClN5OS/c33-26-14-12-25(13-15-26)32(17-6-7-18-32)22-34-31(40)37-30-35-28(20-29(36-30)39-27-10-2-1-3-11-27)38-19-16-23-8-4-5-9-24(23)21-38/h1-5,8-15,20H,6-7,16-19,21-22H2,(H2,34,35,36,37,40). The van der Waals surface area contributed by atoms with Gasteiger partial charge in [0.15, 0.2) is 5.11 Å². The Hall–Kier alpha value is -3.68.